The number of unbranched alkanes of at least 4 members (excludes halogenated alkanes) is 1. The van der Waals surface area contributed by atoms with Crippen molar-refractivity contribution in [2.75, 3.05) is 0 Å². The van der Waals surface area contributed by atoms with E-state index in [0.717, 1.165) is 11.8 Å². The first kappa shape index (κ1) is 15.1. The van der Waals surface area contributed by atoms with Crippen molar-refractivity contribution in [3.05, 3.63) is 0 Å². The quantitative estimate of drug-likeness (QED) is 0.651. The van der Waals surface area contributed by atoms with Crippen LogP contribution in [0.1, 0.15) is 84.5 Å². The van der Waals surface area contributed by atoms with Gasteiger partial charge in [0.25, 0.3) is 0 Å². The van der Waals surface area contributed by atoms with Crippen molar-refractivity contribution in [1.29, 1.82) is 0 Å². The van der Waals surface area contributed by atoms with E-state index in [1.54, 1.807) is 0 Å². The van der Waals surface area contributed by atoms with Crippen molar-refractivity contribution in [2.45, 2.75) is 84.5 Å². The van der Waals surface area contributed by atoms with Gasteiger partial charge in [-0.25, -0.2) is 0 Å². The molecule has 2 aliphatic carbocycles. The summed E-state index contributed by atoms with van der Waals surface area (Å²) in [6, 6.07) is 0. The summed E-state index contributed by atoms with van der Waals surface area (Å²) < 4.78 is 0. The molecule has 0 atom stereocenters. The van der Waals surface area contributed by atoms with Crippen LogP contribution >= 0.6 is 0 Å². The average molecular weight is 264 g/mol. The van der Waals surface area contributed by atoms with Gasteiger partial charge in [-0.2, -0.15) is 0 Å². The van der Waals surface area contributed by atoms with Crippen LogP contribution in [0.25, 0.3) is 0 Å². The summed E-state index contributed by atoms with van der Waals surface area (Å²) in [5.41, 5.74) is 0. The summed E-state index contributed by atoms with van der Waals surface area (Å²) in [7, 11) is 0. The maximum atomic E-state index is 12.6. The molecule has 0 radical (unpaired) electrons. The molecule has 0 bridgehead atoms. The highest BCUT2D eigenvalue weighted by atomic mass is 16.1. The summed E-state index contributed by atoms with van der Waals surface area (Å²) in [6.45, 7) is 4.61. The van der Waals surface area contributed by atoms with Crippen molar-refractivity contribution in [3.8, 4) is 0 Å². The SMILES string of the molecule is CCCCC1CCC(C(=O)C2CCC(C)CC2)CC1. The largest absolute Gasteiger partial charge is 0.299 e. The first-order chi connectivity index (χ1) is 9.20. The number of hydrogen-bond donors (Lipinski definition) is 0. The Balaban J connectivity index is 1.73. The Morgan fingerprint density at radius 1 is 0.895 bits per heavy atom. The van der Waals surface area contributed by atoms with E-state index in [0.29, 0.717) is 17.6 Å². The molecular weight excluding hydrogens is 232 g/mol. The van der Waals surface area contributed by atoms with Gasteiger partial charge in [0, 0.05) is 11.8 Å². The van der Waals surface area contributed by atoms with Gasteiger partial charge in [-0.05, 0) is 50.4 Å². The van der Waals surface area contributed by atoms with Crippen LogP contribution in [0.2, 0.25) is 0 Å². The topological polar surface area (TPSA) is 17.1 Å². The van der Waals surface area contributed by atoms with Gasteiger partial charge in [0.15, 0.2) is 0 Å². The lowest BCUT2D eigenvalue weighted by molar-refractivity contribution is -0.129. The Labute approximate surface area is 119 Å². The maximum Gasteiger partial charge on any atom is 0.139 e. The van der Waals surface area contributed by atoms with Gasteiger partial charge in [0.05, 0.1) is 0 Å². The zero-order valence-electron chi connectivity index (χ0n) is 13.0. The molecule has 1 nitrogen and oxygen atoms in total. The zero-order valence-corrected chi connectivity index (χ0v) is 13.0. The molecule has 19 heavy (non-hydrogen) atoms. The fourth-order valence-electron chi connectivity index (χ4n) is 4.11. The number of ketones is 1. The minimum atomic E-state index is 0.424. The lowest BCUT2D eigenvalue weighted by Crippen LogP contribution is -2.30. The van der Waals surface area contributed by atoms with Gasteiger partial charge in [-0.1, -0.05) is 46.0 Å². The summed E-state index contributed by atoms with van der Waals surface area (Å²) in [4.78, 5) is 12.6. The molecule has 0 N–H and O–H groups in total. The molecule has 110 valence electrons. The maximum absolute atomic E-state index is 12.6. The normalized spacial score (nSPS) is 36.1. The summed E-state index contributed by atoms with van der Waals surface area (Å²) in [5, 5.41) is 0. The molecule has 2 fully saturated rings. The Morgan fingerprint density at radius 2 is 1.42 bits per heavy atom. The molecule has 0 saturated heterocycles. The van der Waals surface area contributed by atoms with Crippen molar-refractivity contribution in [1.82, 2.24) is 0 Å². The molecule has 0 aliphatic heterocycles. The predicted octanol–water partition coefficient (Wildman–Crippen LogP) is 5.38. The van der Waals surface area contributed by atoms with Crippen molar-refractivity contribution >= 4 is 5.78 Å². The second-order valence-corrected chi connectivity index (χ2v) is 7.22. The van der Waals surface area contributed by atoms with E-state index < -0.39 is 0 Å². The number of rotatable bonds is 5. The van der Waals surface area contributed by atoms with E-state index in [4.69, 9.17) is 0 Å². The number of Topliss-reactive ketones (excluding diaryl/α,β-unsaturated/α-hetero) is 1. The standard InChI is InChI=1S/C18H32O/c1-3-4-5-15-8-12-17(13-9-15)18(19)16-10-6-14(2)7-11-16/h14-17H,3-13H2,1-2H3. The number of carbonyl (C=O) groups excluding carboxylic acids is 1. The highest BCUT2D eigenvalue weighted by molar-refractivity contribution is 5.83. The molecule has 1 heteroatoms. The Bertz CT molecular complexity index is 267. The third kappa shape index (κ3) is 4.33. The van der Waals surface area contributed by atoms with Gasteiger partial charge < -0.3 is 0 Å². The number of hydrogen-bond acceptors (Lipinski definition) is 1. The molecule has 0 heterocycles. The van der Waals surface area contributed by atoms with E-state index in [2.05, 4.69) is 13.8 Å². The van der Waals surface area contributed by atoms with Gasteiger partial charge in [-0.15, -0.1) is 0 Å². The average Bonchev–Trinajstić information content (AvgIpc) is 2.46. The molecule has 0 amide bonds. The van der Waals surface area contributed by atoms with Crippen LogP contribution in [-0.4, -0.2) is 5.78 Å². The first-order valence-electron chi connectivity index (χ1n) is 8.74. The molecule has 2 aliphatic rings. The Morgan fingerprint density at radius 3 is 1.95 bits per heavy atom. The third-order valence-corrected chi connectivity index (χ3v) is 5.63. The van der Waals surface area contributed by atoms with Gasteiger partial charge in [0.1, 0.15) is 5.78 Å². The van der Waals surface area contributed by atoms with Crippen LogP contribution in [-0.2, 0) is 4.79 Å². The Hall–Kier alpha value is -0.330. The molecule has 0 aromatic heterocycles. The highest BCUT2D eigenvalue weighted by Gasteiger charge is 2.32. The summed E-state index contributed by atoms with van der Waals surface area (Å²) in [5.74, 6) is 3.27. The third-order valence-electron chi connectivity index (χ3n) is 5.63. The molecular formula is C18H32O. The van der Waals surface area contributed by atoms with E-state index in [9.17, 15) is 4.79 Å². The van der Waals surface area contributed by atoms with E-state index >= 15 is 0 Å². The monoisotopic (exact) mass is 264 g/mol. The predicted molar refractivity (Wildman–Crippen MR) is 81.1 cm³/mol. The minimum Gasteiger partial charge on any atom is -0.299 e. The molecule has 2 saturated carbocycles. The summed E-state index contributed by atoms with van der Waals surface area (Å²) >= 11 is 0. The second-order valence-electron chi connectivity index (χ2n) is 7.22. The molecule has 0 unspecified atom stereocenters. The molecule has 0 aromatic rings. The molecule has 2 rings (SSSR count). The van der Waals surface area contributed by atoms with E-state index in [1.165, 1.54) is 70.6 Å². The minimum absolute atomic E-state index is 0.424. The van der Waals surface area contributed by atoms with E-state index in [-0.39, 0.29) is 0 Å². The van der Waals surface area contributed by atoms with Crippen LogP contribution in [0.5, 0.6) is 0 Å². The zero-order chi connectivity index (χ0) is 13.7. The van der Waals surface area contributed by atoms with Crippen LogP contribution in [0.4, 0.5) is 0 Å². The first-order valence-corrected chi connectivity index (χ1v) is 8.74. The van der Waals surface area contributed by atoms with Gasteiger partial charge in [-0.3, -0.25) is 4.79 Å². The van der Waals surface area contributed by atoms with Crippen LogP contribution in [0.3, 0.4) is 0 Å². The van der Waals surface area contributed by atoms with Crippen LogP contribution < -0.4 is 0 Å². The van der Waals surface area contributed by atoms with Crippen molar-refractivity contribution in [3.63, 3.8) is 0 Å². The highest BCUT2D eigenvalue weighted by Crippen LogP contribution is 2.37. The van der Waals surface area contributed by atoms with Crippen LogP contribution in [0, 0.1) is 23.7 Å². The summed E-state index contributed by atoms with van der Waals surface area (Å²) in [6.07, 6.45) is 14.0. The molecule has 0 spiro atoms. The van der Waals surface area contributed by atoms with Gasteiger partial charge >= 0.3 is 0 Å². The van der Waals surface area contributed by atoms with Crippen LogP contribution in [0.15, 0.2) is 0 Å². The van der Waals surface area contributed by atoms with Crippen molar-refractivity contribution < 1.29 is 4.79 Å². The molecule has 0 aromatic carbocycles. The fourth-order valence-corrected chi connectivity index (χ4v) is 4.11. The lowest BCUT2D eigenvalue weighted by Gasteiger charge is -2.32. The van der Waals surface area contributed by atoms with Crippen molar-refractivity contribution in [2.24, 2.45) is 23.7 Å². The smallest absolute Gasteiger partial charge is 0.139 e. The Kier molecular flexibility index (Phi) is 5.91. The fraction of sp³-hybridized carbons (Fsp3) is 0.944. The number of carbonyl (C=O) groups is 1. The second kappa shape index (κ2) is 7.45. The van der Waals surface area contributed by atoms with Gasteiger partial charge in [0.2, 0.25) is 0 Å². The van der Waals surface area contributed by atoms with E-state index in [1.807, 2.05) is 0 Å². The lowest BCUT2D eigenvalue weighted by atomic mass is 9.72.